The molecule has 2 rings (SSSR count). The fourth-order valence-corrected chi connectivity index (χ4v) is 4.27. The summed E-state index contributed by atoms with van der Waals surface area (Å²) < 4.78 is 54.3. The van der Waals surface area contributed by atoms with Gasteiger partial charge in [-0.1, -0.05) is 18.5 Å². The van der Waals surface area contributed by atoms with Crippen LogP contribution in [0.1, 0.15) is 23.7 Å². The molecule has 1 aliphatic heterocycles. The number of sulfone groups is 1. The minimum absolute atomic E-state index is 0.0944. The molecule has 1 aliphatic rings. The molecule has 0 radical (unpaired) electrons. The van der Waals surface area contributed by atoms with Gasteiger partial charge >= 0.3 is 6.61 Å². The first kappa shape index (κ1) is 20.1. The van der Waals surface area contributed by atoms with Crippen LogP contribution < -0.4 is 21.1 Å². The molecule has 3 N–H and O–H groups in total. The SMILES string of the molecule is CCCS(=O)(=O)c1c(OC(F)F)ccc(C(=O)NC2=NNNN2C)c1Cl. The predicted molar refractivity (Wildman–Crippen MR) is 89.4 cm³/mol. The molecule has 1 heterocycles. The van der Waals surface area contributed by atoms with Crippen molar-refractivity contribution in [2.75, 3.05) is 12.8 Å². The molecule has 0 unspecified atom stereocenters. The summed E-state index contributed by atoms with van der Waals surface area (Å²) in [5.41, 5.74) is 4.72. The van der Waals surface area contributed by atoms with Crippen LogP contribution in [-0.4, -0.2) is 44.7 Å². The third kappa shape index (κ3) is 4.31. The van der Waals surface area contributed by atoms with E-state index in [1.165, 1.54) is 5.01 Å². The molecule has 0 saturated heterocycles. The number of hydrogen-bond acceptors (Lipinski definition) is 8. The van der Waals surface area contributed by atoms with Crippen molar-refractivity contribution >= 4 is 33.3 Å². The number of hydrogen-bond donors (Lipinski definition) is 3. The number of ether oxygens (including phenoxy) is 1. The Morgan fingerprint density at radius 1 is 1.46 bits per heavy atom. The summed E-state index contributed by atoms with van der Waals surface area (Å²) in [6.07, 6.45) is 0.224. The molecule has 0 aromatic heterocycles. The molecule has 1 aromatic carbocycles. The zero-order valence-electron chi connectivity index (χ0n) is 13.7. The highest BCUT2D eigenvalue weighted by atomic mass is 35.5. The van der Waals surface area contributed by atoms with Crippen LogP contribution in [-0.2, 0) is 9.84 Å². The summed E-state index contributed by atoms with van der Waals surface area (Å²) >= 11 is 6.08. The van der Waals surface area contributed by atoms with Gasteiger partial charge in [0, 0.05) is 7.05 Å². The van der Waals surface area contributed by atoms with Crippen LogP contribution >= 0.6 is 11.6 Å². The average Bonchev–Trinajstić information content (AvgIpc) is 2.91. The van der Waals surface area contributed by atoms with Crippen molar-refractivity contribution < 1.29 is 26.7 Å². The molecule has 0 fully saturated rings. The van der Waals surface area contributed by atoms with Crippen molar-refractivity contribution in [2.24, 2.45) is 5.10 Å². The highest BCUT2D eigenvalue weighted by Crippen LogP contribution is 2.36. The lowest BCUT2D eigenvalue weighted by Gasteiger charge is -2.16. The second-order valence-corrected chi connectivity index (χ2v) is 7.55. The molecule has 1 aromatic rings. The summed E-state index contributed by atoms with van der Waals surface area (Å²) in [7, 11) is -2.49. The van der Waals surface area contributed by atoms with Gasteiger partial charge in [-0.25, -0.2) is 14.0 Å². The number of carbonyl (C=O) groups excluding carboxylic acids is 1. The summed E-state index contributed by atoms with van der Waals surface area (Å²) in [5.74, 6) is -1.64. The van der Waals surface area contributed by atoms with E-state index in [9.17, 15) is 22.0 Å². The summed E-state index contributed by atoms with van der Waals surface area (Å²) in [5, 5.41) is 6.97. The van der Waals surface area contributed by atoms with E-state index >= 15 is 0 Å². The lowest BCUT2D eigenvalue weighted by atomic mass is 10.2. The fraction of sp³-hybridized carbons (Fsp3) is 0.385. The van der Waals surface area contributed by atoms with E-state index in [4.69, 9.17) is 11.6 Å². The van der Waals surface area contributed by atoms with Gasteiger partial charge in [0.25, 0.3) is 5.91 Å². The third-order valence-corrected chi connectivity index (χ3v) is 5.71. The first-order chi connectivity index (χ1) is 12.2. The number of alkyl halides is 2. The smallest absolute Gasteiger partial charge is 0.387 e. The van der Waals surface area contributed by atoms with Crippen molar-refractivity contribution in [1.29, 1.82) is 0 Å². The molecular weight excluding hydrogens is 396 g/mol. The monoisotopic (exact) mass is 411 g/mol. The third-order valence-electron chi connectivity index (χ3n) is 3.23. The molecule has 0 aliphatic carbocycles. The van der Waals surface area contributed by atoms with Crippen molar-refractivity contribution in [3.05, 3.63) is 22.7 Å². The number of amides is 1. The van der Waals surface area contributed by atoms with Crippen LogP contribution in [0.25, 0.3) is 0 Å². The zero-order valence-corrected chi connectivity index (χ0v) is 15.3. The Morgan fingerprint density at radius 2 is 2.15 bits per heavy atom. The van der Waals surface area contributed by atoms with Gasteiger partial charge < -0.3 is 4.74 Å². The summed E-state index contributed by atoms with van der Waals surface area (Å²) in [4.78, 5) is 11.7. The largest absolute Gasteiger partial charge is 0.433 e. The van der Waals surface area contributed by atoms with Gasteiger partial charge in [0.15, 0.2) is 9.84 Å². The summed E-state index contributed by atoms with van der Waals surface area (Å²) in [6, 6.07) is 2.06. The Morgan fingerprint density at radius 3 is 2.69 bits per heavy atom. The number of benzene rings is 1. The molecule has 13 heteroatoms. The maximum atomic E-state index is 12.6. The van der Waals surface area contributed by atoms with E-state index < -0.39 is 38.0 Å². The normalized spacial score (nSPS) is 14.2. The van der Waals surface area contributed by atoms with E-state index in [-0.39, 0.29) is 23.7 Å². The highest BCUT2D eigenvalue weighted by molar-refractivity contribution is 7.91. The number of carbonyl (C=O) groups is 1. The Bertz CT molecular complexity index is 834. The van der Waals surface area contributed by atoms with Gasteiger partial charge in [-0.2, -0.15) is 8.78 Å². The summed E-state index contributed by atoms with van der Waals surface area (Å²) in [6.45, 7) is -1.65. The van der Waals surface area contributed by atoms with Crippen LogP contribution in [0.15, 0.2) is 22.1 Å². The number of nitrogens with zero attached hydrogens (tertiary/aromatic N) is 2. The van der Waals surface area contributed by atoms with Crippen molar-refractivity contribution in [3.63, 3.8) is 0 Å². The highest BCUT2D eigenvalue weighted by Gasteiger charge is 2.29. The molecule has 0 bridgehead atoms. The van der Waals surface area contributed by atoms with Gasteiger partial charge in [-0.3, -0.25) is 15.1 Å². The Kier molecular flexibility index (Phi) is 6.21. The van der Waals surface area contributed by atoms with E-state index in [0.717, 1.165) is 12.1 Å². The van der Waals surface area contributed by atoms with Gasteiger partial charge in [0.2, 0.25) is 5.96 Å². The fourth-order valence-electron chi connectivity index (χ4n) is 2.12. The molecule has 26 heavy (non-hydrogen) atoms. The molecule has 144 valence electrons. The number of nitrogens with one attached hydrogen (secondary N) is 3. The Labute approximate surface area is 153 Å². The maximum absolute atomic E-state index is 12.6. The first-order valence-corrected chi connectivity index (χ1v) is 9.34. The van der Waals surface area contributed by atoms with Crippen molar-refractivity contribution in [2.45, 2.75) is 24.9 Å². The number of guanidine groups is 1. The maximum Gasteiger partial charge on any atom is 0.387 e. The second kappa shape index (κ2) is 8.01. The van der Waals surface area contributed by atoms with E-state index in [0.29, 0.717) is 0 Å². The Balaban J connectivity index is 2.47. The van der Waals surface area contributed by atoms with Gasteiger partial charge in [-0.15, -0.1) is 10.6 Å². The molecule has 1 amide bonds. The Hall–Kier alpha value is -2.18. The minimum Gasteiger partial charge on any atom is -0.433 e. The van der Waals surface area contributed by atoms with Crippen LogP contribution in [0.2, 0.25) is 5.02 Å². The van der Waals surface area contributed by atoms with Crippen LogP contribution in [0.4, 0.5) is 8.78 Å². The number of hydrazine groups is 2. The van der Waals surface area contributed by atoms with E-state index in [1.807, 2.05) is 0 Å². The number of hydrazone groups is 1. The van der Waals surface area contributed by atoms with Crippen molar-refractivity contribution in [3.8, 4) is 5.75 Å². The molecule has 9 nitrogen and oxygen atoms in total. The van der Waals surface area contributed by atoms with Crippen molar-refractivity contribution in [1.82, 2.24) is 21.4 Å². The van der Waals surface area contributed by atoms with E-state index in [1.54, 1.807) is 14.0 Å². The van der Waals surface area contributed by atoms with E-state index in [2.05, 4.69) is 26.2 Å². The standard InChI is InChI=1S/C13H16ClF2N5O4S/c1-3-6-26(23,24)10-8(25-12(15)16)5-4-7(9(10)14)11(22)17-13-18-19-20-21(13)2/h4-5,12,19-20H,3,6H2,1-2H3,(H,17,18,22). The lowest BCUT2D eigenvalue weighted by Crippen LogP contribution is -2.45. The van der Waals surface area contributed by atoms with Gasteiger partial charge in [0.1, 0.15) is 10.6 Å². The van der Waals surface area contributed by atoms with Crippen LogP contribution in [0.5, 0.6) is 5.75 Å². The van der Waals surface area contributed by atoms with Gasteiger partial charge in [-0.05, 0) is 18.6 Å². The quantitative estimate of drug-likeness (QED) is 0.642. The zero-order chi connectivity index (χ0) is 19.5. The number of halogens is 3. The molecule has 0 atom stereocenters. The first-order valence-electron chi connectivity index (χ1n) is 7.30. The molecule has 0 spiro atoms. The molecule has 0 saturated carbocycles. The second-order valence-electron chi connectivity index (χ2n) is 5.12. The van der Waals surface area contributed by atoms with Crippen LogP contribution in [0, 0.1) is 0 Å². The topological polar surface area (TPSA) is 112 Å². The minimum atomic E-state index is -4.05. The molecular formula is C13H16ClF2N5O4S. The van der Waals surface area contributed by atoms with Gasteiger partial charge in [0.05, 0.1) is 16.3 Å². The predicted octanol–water partition coefficient (Wildman–Crippen LogP) is 1.08. The average molecular weight is 412 g/mol. The lowest BCUT2D eigenvalue weighted by molar-refractivity contribution is -0.0517. The van der Waals surface area contributed by atoms with Crippen LogP contribution in [0.3, 0.4) is 0 Å². The number of rotatable bonds is 6.